The quantitative estimate of drug-likeness (QED) is 0.655. The molecule has 0 spiro atoms. The van der Waals surface area contributed by atoms with Gasteiger partial charge < -0.3 is 5.73 Å². The van der Waals surface area contributed by atoms with Gasteiger partial charge in [0.2, 0.25) is 5.91 Å². The van der Waals surface area contributed by atoms with Crippen molar-refractivity contribution in [2.75, 3.05) is 0 Å². The van der Waals surface area contributed by atoms with Crippen molar-refractivity contribution < 1.29 is 4.79 Å². The number of amides is 1. The van der Waals surface area contributed by atoms with Gasteiger partial charge in [-0.25, -0.2) is 0 Å². The Kier molecular flexibility index (Phi) is 1.52. The van der Waals surface area contributed by atoms with Crippen molar-refractivity contribution >= 4 is 22.7 Å². The third kappa shape index (κ3) is 1.05. The van der Waals surface area contributed by atoms with Crippen LogP contribution in [0.15, 0.2) is 4.99 Å². The third-order valence-electron chi connectivity index (χ3n) is 2.62. The minimum atomic E-state index is -0.275. The number of nitrogens with two attached hydrogens (primary N) is 1. The minimum Gasteiger partial charge on any atom is -0.368 e. The molecule has 0 bridgehead atoms. The molecule has 1 fully saturated rings. The molecular weight excluding hydrogens is 172 g/mol. The zero-order valence-electron chi connectivity index (χ0n) is 7.20. The number of carbonyl (C=O) groups excluding carboxylic acids is 1. The molecule has 66 valence electrons. The largest absolute Gasteiger partial charge is 0.368 e. The molecule has 0 aromatic carbocycles. The van der Waals surface area contributed by atoms with Crippen LogP contribution in [-0.2, 0) is 4.79 Å². The molecule has 3 nitrogen and oxygen atoms in total. The van der Waals surface area contributed by atoms with Crippen LogP contribution in [0.5, 0.6) is 0 Å². The molecule has 0 saturated heterocycles. The maximum absolute atomic E-state index is 11.0. The first-order valence-electron chi connectivity index (χ1n) is 4.06. The Bertz CT molecular complexity index is 276. The predicted molar refractivity (Wildman–Crippen MR) is 50.2 cm³/mol. The number of fused-ring (bicyclic) bond motifs is 1. The predicted octanol–water partition coefficient (Wildman–Crippen LogP) is 0.784. The molecule has 1 amide bonds. The highest BCUT2D eigenvalue weighted by molar-refractivity contribution is 8.15. The van der Waals surface area contributed by atoms with E-state index < -0.39 is 0 Å². The van der Waals surface area contributed by atoms with E-state index in [0.717, 1.165) is 11.5 Å². The molecule has 0 aromatic heterocycles. The average molecular weight is 184 g/mol. The Morgan fingerprint density at radius 1 is 1.83 bits per heavy atom. The third-order valence-corrected chi connectivity index (χ3v) is 3.96. The van der Waals surface area contributed by atoms with Crippen molar-refractivity contribution in [3.63, 3.8) is 0 Å². The Balaban J connectivity index is 2.26. The van der Waals surface area contributed by atoms with Gasteiger partial charge in [0.05, 0.1) is 5.04 Å². The SMILES string of the molecule is CC1=NC(C(N)=O)C2CC2(C)S1. The van der Waals surface area contributed by atoms with E-state index in [4.69, 9.17) is 5.73 Å². The van der Waals surface area contributed by atoms with E-state index in [1.54, 1.807) is 11.8 Å². The minimum absolute atomic E-state index is 0.253. The standard InChI is InChI=1S/C8H12N2OS/c1-4-10-6(7(9)11)5-3-8(5,2)12-4/h5-6H,3H2,1-2H3,(H2,9,11). The van der Waals surface area contributed by atoms with Crippen LogP contribution in [0.4, 0.5) is 0 Å². The molecule has 1 aliphatic heterocycles. The molecule has 1 aliphatic carbocycles. The Hall–Kier alpha value is -0.510. The first-order chi connectivity index (χ1) is 5.53. The van der Waals surface area contributed by atoms with Gasteiger partial charge in [-0.05, 0) is 20.3 Å². The molecule has 3 unspecified atom stereocenters. The van der Waals surface area contributed by atoms with Gasteiger partial charge in [-0.2, -0.15) is 0 Å². The van der Waals surface area contributed by atoms with Crippen LogP contribution in [0.25, 0.3) is 0 Å². The fraction of sp³-hybridized carbons (Fsp3) is 0.750. The number of hydrogen-bond donors (Lipinski definition) is 1. The van der Waals surface area contributed by atoms with E-state index >= 15 is 0 Å². The van der Waals surface area contributed by atoms with E-state index in [1.807, 2.05) is 6.92 Å². The average Bonchev–Trinajstić information content (AvgIpc) is 2.57. The summed E-state index contributed by atoms with van der Waals surface area (Å²) in [7, 11) is 0. The number of rotatable bonds is 1. The summed E-state index contributed by atoms with van der Waals surface area (Å²) >= 11 is 1.78. The lowest BCUT2D eigenvalue weighted by atomic mass is 10.1. The fourth-order valence-corrected chi connectivity index (χ4v) is 3.24. The maximum Gasteiger partial charge on any atom is 0.242 e. The van der Waals surface area contributed by atoms with Crippen molar-refractivity contribution in [2.45, 2.75) is 31.1 Å². The molecule has 3 atom stereocenters. The highest BCUT2D eigenvalue weighted by atomic mass is 32.2. The Morgan fingerprint density at radius 2 is 2.50 bits per heavy atom. The van der Waals surface area contributed by atoms with Crippen LogP contribution in [0.2, 0.25) is 0 Å². The van der Waals surface area contributed by atoms with Crippen molar-refractivity contribution in [3.8, 4) is 0 Å². The first kappa shape index (κ1) is 8.10. The highest BCUT2D eigenvalue weighted by Gasteiger charge is 2.58. The van der Waals surface area contributed by atoms with E-state index in [1.165, 1.54) is 0 Å². The van der Waals surface area contributed by atoms with Gasteiger partial charge in [-0.1, -0.05) is 0 Å². The number of primary amides is 1. The monoisotopic (exact) mass is 184 g/mol. The summed E-state index contributed by atoms with van der Waals surface area (Å²) in [6, 6.07) is -0.253. The lowest BCUT2D eigenvalue weighted by Gasteiger charge is -2.20. The van der Waals surface area contributed by atoms with Gasteiger partial charge in [-0.15, -0.1) is 11.8 Å². The smallest absolute Gasteiger partial charge is 0.242 e. The van der Waals surface area contributed by atoms with Crippen molar-refractivity contribution in [2.24, 2.45) is 16.6 Å². The van der Waals surface area contributed by atoms with Crippen molar-refractivity contribution in [1.29, 1.82) is 0 Å². The van der Waals surface area contributed by atoms with Crippen LogP contribution in [0, 0.1) is 5.92 Å². The lowest BCUT2D eigenvalue weighted by Crippen LogP contribution is -2.34. The summed E-state index contributed by atoms with van der Waals surface area (Å²) in [5, 5.41) is 0.995. The van der Waals surface area contributed by atoms with Crippen LogP contribution in [0.1, 0.15) is 20.3 Å². The van der Waals surface area contributed by atoms with Gasteiger partial charge >= 0.3 is 0 Å². The summed E-state index contributed by atoms with van der Waals surface area (Å²) in [6.07, 6.45) is 1.08. The molecule has 1 saturated carbocycles. The van der Waals surface area contributed by atoms with E-state index in [2.05, 4.69) is 11.9 Å². The zero-order chi connectivity index (χ0) is 8.93. The Morgan fingerprint density at radius 3 is 3.08 bits per heavy atom. The molecule has 4 heteroatoms. The van der Waals surface area contributed by atoms with Crippen LogP contribution in [-0.4, -0.2) is 21.7 Å². The normalized spacial score (nSPS) is 44.7. The fourth-order valence-electron chi connectivity index (χ4n) is 1.85. The number of nitrogens with zero attached hydrogens (tertiary/aromatic N) is 1. The van der Waals surface area contributed by atoms with Gasteiger partial charge in [0.15, 0.2) is 0 Å². The second-order valence-electron chi connectivity index (χ2n) is 3.72. The van der Waals surface area contributed by atoms with E-state index in [9.17, 15) is 4.79 Å². The molecule has 12 heavy (non-hydrogen) atoms. The second-order valence-corrected chi connectivity index (χ2v) is 5.45. The molecule has 2 aliphatic rings. The molecule has 2 N–H and O–H groups in total. The molecule has 2 rings (SSSR count). The lowest BCUT2D eigenvalue weighted by molar-refractivity contribution is -0.119. The summed E-state index contributed by atoms with van der Waals surface area (Å²) in [5.41, 5.74) is 5.25. The molecule has 1 heterocycles. The summed E-state index contributed by atoms with van der Waals surface area (Å²) in [5.74, 6) is 0.118. The zero-order valence-corrected chi connectivity index (χ0v) is 8.02. The van der Waals surface area contributed by atoms with Crippen LogP contribution >= 0.6 is 11.8 Å². The number of carbonyl (C=O) groups is 1. The highest BCUT2D eigenvalue weighted by Crippen LogP contribution is 2.59. The number of hydrogen-bond acceptors (Lipinski definition) is 3. The first-order valence-corrected chi connectivity index (χ1v) is 4.87. The second kappa shape index (κ2) is 2.25. The summed E-state index contributed by atoms with van der Waals surface area (Å²) < 4.78 is 0.255. The molecular formula is C8H12N2OS. The number of thioether (sulfide) groups is 1. The maximum atomic E-state index is 11.0. The van der Waals surface area contributed by atoms with E-state index in [0.29, 0.717) is 5.92 Å². The molecule has 0 radical (unpaired) electrons. The van der Waals surface area contributed by atoms with Gasteiger partial charge in [0.25, 0.3) is 0 Å². The van der Waals surface area contributed by atoms with Gasteiger partial charge in [0.1, 0.15) is 6.04 Å². The van der Waals surface area contributed by atoms with Gasteiger partial charge in [0, 0.05) is 10.7 Å². The van der Waals surface area contributed by atoms with Crippen LogP contribution < -0.4 is 5.73 Å². The van der Waals surface area contributed by atoms with Crippen molar-refractivity contribution in [1.82, 2.24) is 0 Å². The summed E-state index contributed by atoms with van der Waals surface area (Å²) in [6.45, 7) is 4.12. The number of aliphatic imine (C=N–C) groups is 1. The van der Waals surface area contributed by atoms with Crippen LogP contribution in [0.3, 0.4) is 0 Å². The van der Waals surface area contributed by atoms with Crippen molar-refractivity contribution in [3.05, 3.63) is 0 Å². The van der Waals surface area contributed by atoms with E-state index in [-0.39, 0.29) is 16.7 Å². The Labute approximate surface area is 75.8 Å². The van der Waals surface area contributed by atoms with Gasteiger partial charge in [-0.3, -0.25) is 9.79 Å². The topological polar surface area (TPSA) is 55.4 Å². The molecule has 0 aromatic rings. The summed E-state index contributed by atoms with van der Waals surface area (Å²) in [4.78, 5) is 15.2.